The van der Waals surface area contributed by atoms with Crippen molar-refractivity contribution in [1.29, 1.82) is 0 Å². The second kappa shape index (κ2) is 4.96. The average Bonchev–Trinajstić information content (AvgIpc) is 2.84. The van der Waals surface area contributed by atoms with Crippen molar-refractivity contribution in [1.82, 2.24) is 15.1 Å². The predicted octanol–water partition coefficient (Wildman–Crippen LogP) is 2.04. The van der Waals surface area contributed by atoms with E-state index in [1.54, 1.807) is 0 Å². The van der Waals surface area contributed by atoms with E-state index in [0.29, 0.717) is 22.9 Å². The lowest BCUT2D eigenvalue weighted by Crippen LogP contribution is -2.58. The van der Waals surface area contributed by atoms with Crippen molar-refractivity contribution in [2.45, 2.75) is 52.1 Å². The molecule has 4 atom stereocenters. The van der Waals surface area contributed by atoms with Gasteiger partial charge in [-0.05, 0) is 50.1 Å². The lowest BCUT2D eigenvalue weighted by Gasteiger charge is -2.45. The van der Waals surface area contributed by atoms with Crippen LogP contribution in [-0.2, 0) is 0 Å². The molecule has 3 fully saturated rings. The number of piperazine rings is 1. The molecule has 0 spiro atoms. The van der Waals surface area contributed by atoms with Crippen LogP contribution >= 0.6 is 0 Å². The van der Waals surface area contributed by atoms with Crippen molar-refractivity contribution in [3.05, 3.63) is 0 Å². The van der Waals surface area contributed by atoms with Gasteiger partial charge in [-0.25, -0.2) is 0 Å². The van der Waals surface area contributed by atoms with Crippen molar-refractivity contribution in [2.75, 3.05) is 40.3 Å². The van der Waals surface area contributed by atoms with Gasteiger partial charge in [0, 0.05) is 38.3 Å². The molecule has 2 saturated carbocycles. The molecule has 2 unspecified atom stereocenters. The van der Waals surface area contributed by atoms with Gasteiger partial charge in [0.25, 0.3) is 0 Å². The van der Waals surface area contributed by atoms with E-state index in [4.69, 9.17) is 0 Å². The Hall–Kier alpha value is -0.120. The van der Waals surface area contributed by atoms with Crippen LogP contribution in [0.5, 0.6) is 0 Å². The molecule has 1 saturated heterocycles. The summed E-state index contributed by atoms with van der Waals surface area (Å²) < 4.78 is 0. The Bertz CT molecular complexity index is 362. The lowest BCUT2D eigenvalue weighted by atomic mass is 9.68. The quantitative estimate of drug-likeness (QED) is 0.853. The first-order valence-corrected chi connectivity index (χ1v) is 8.45. The fraction of sp³-hybridized carbons (Fsp3) is 1.00. The molecule has 0 radical (unpaired) electrons. The second-order valence-corrected chi connectivity index (χ2v) is 8.65. The van der Waals surface area contributed by atoms with E-state index in [9.17, 15) is 0 Å². The number of nitrogens with one attached hydrogen (secondary N) is 1. The topological polar surface area (TPSA) is 18.5 Å². The van der Waals surface area contributed by atoms with Crippen LogP contribution in [0.25, 0.3) is 0 Å². The van der Waals surface area contributed by atoms with Crippen LogP contribution in [0.3, 0.4) is 0 Å². The first-order valence-electron chi connectivity index (χ1n) is 8.45. The molecule has 0 aromatic heterocycles. The van der Waals surface area contributed by atoms with E-state index < -0.39 is 0 Å². The highest BCUT2D eigenvalue weighted by Gasteiger charge is 2.59. The molecule has 0 aromatic rings. The molecule has 1 heterocycles. The Morgan fingerprint density at radius 1 is 1.15 bits per heavy atom. The molecule has 0 aromatic carbocycles. The van der Waals surface area contributed by atoms with Crippen LogP contribution in [0.4, 0.5) is 0 Å². The summed E-state index contributed by atoms with van der Waals surface area (Å²) in [5.74, 6) is 0.941. The van der Waals surface area contributed by atoms with E-state index in [1.807, 2.05) is 0 Å². The minimum absolute atomic E-state index is 0.478. The van der Waals surface area contributed by atoms with E-state index >= 15 is 0 Å². The standard InChI is InChI=1S/C17H33N3/c1-16(2)13-6-7-17(3,10-13)15(16)18-11-14-12-19(4)8-9-20(14)5/h13-15,18H,6-12H2,1-5H3/t13-,14?,15?,17+/m0/s1. The third-order valence-electron chi connectivity index (χ3n) is 6.81. The molecule has 1 N–H and O–H groups in total. The third-order valence-corrected chi connectivity index (χ3v) is 6.81. The van der Waals surface area contributed by atoms with Crippen molar-refractivity contribution < 1.29 is 0 Å². The first-order chi connectivity index (χ1) is 9.33. The van der Waals surface area contributed by atoms with E-state index in [-0.39, 0.29) is 0 Å². The molecule has 1 aliphatic heterocycles. The molecular formula is C17H33N3. The number of fused-ring (bicyclic) bond motifs is 2. The molecule has 3 rings (SSSR count). The molecule has 116 valence electrons. The monoisotopic (exact) mass is 279 g/mol. The van der Waals surface area contributed by atoms with Crippen LogP contribution < -0.4 is 5.32 Å². The molecule has 3 aliphatic rings. The summed E-state index contributed by atoms with van der Waals surface area (Å²) in [6, 6.07) is 1.38. The summed E-state index contributed by atoms with van der Waals surface area (Å²) in [6.07, 6.45) is 4.32. The van der Waals surface area contributed by atoms with E-state index in [1.165, 1.54) is 38.9 Å². The van der Waals surface area contributed by atoms with Crippen LogP contribution in [0.15, 0.2) is 0 Å². The van der Waals surface area contributed by atoms with Crippen LogP contribution in [-0.4, -0.2) is 62.2 Å². The average molecular weight is 279 g/mol. The summed E-state index contributed by atoms with van der Waals surface area (Å²) in [5.41, 5.74) is 1.03. The zero-order valence-corrected chi connectivity index (χ0v) is 14.1. The zero-order chi connectivity index (χ0) is 14.5. The molecular weight excluding hydrogens is 246 g/mol. The van der Waals surface area contributed by atoms with E-state index in [2.05, 4.69) is 50.0 Å². The normalized spacial score (nSPS) is 45.1. The number of hydrogen-bond donors (Lipinski definition) is 1. The third kappa shape index (κ3) is 2.32. The van der Waals surface area contributed by atoms with Crippen molar-refractivity contribution in [3.8, 4) is 0 Å². The Morgan fingerprint density at radius 3 is 2.55 bits per heavy atom. The number of hydrogen-bond acceptors (Lipinski definition) is 3. The lowest BCUT2D eigenvalue weighted by molar-refractivity contribution is 0.0771. The summed E-state index contributed by atoms with van der Waals surface area (Å²) in [4.78, 5) is 5.01. The number of nitrogens with zero attached hydrogens (tertiary/aromatic N) is 2. The van der Waals surface area contributed by atoms with Gasteiger partial charge < -0.3 is 10.2 Å². The smallest absolute Gasteiger partial charge is 0.0345 e. The van der Waals surface area contributed by atoms with Crippen LogP contribution in [0, 0.1) is 16.7 Å². The maximum absolute atomic E-state index is 4.00. The highest BCUT2D eigenvalue weighted by atomic mass is 15.3. The van der Waals surface area contributed by atoms with E-state index in [0.717, 1.165) is 12.5 Å². The molecule has 3 nitrogen and oxygen atoms in total. The van der Waals surface area contributed by atoms with Gasteiger partial charge in [-0.3, -0.25) is 4.90 Å². The van der Waals surface area contributed by atoms with Crippen molar-refractivity contribution in [3.63, 3.8) is 0 Å². The Labute approximate surface area is 125 Å². The summed E-state index contributed by atoms with van der Waals surface area (Å²) >= 11 is 0. The minimum Gasteiger partial charge on any atom is -0.311 e. The fourth-order valence-electron chi connectivity index (χ4n) is 5.39. The first kappa shape index (κ1) is 14.8. The Balaban J connectivity index is 1.63. The Kier molecular flexibility index (Phi) is 3.67. The molecule has 2 aliphatic carbocycles. The van der Waals surface area contributed by atoms with Crippen LogP contribution in [0.1, 0.15) is 40.0 Å². The van der Waals surface area contributed by atoms with Gasteiger partial charge in [-0.15, -0.1) is 0 Å². The van der Waals surface area contributed by atoms with Gasteiger partial charge in [0.05, 0.1) is 0 Å². The molecule has 3 heteroatoms. The summed E-state index contributed by atoms with van der Waals surface area (Å²) in [5, 5.41) is 4.00. The Morgan fingerprint density at radius 2 is 1.90 bits per heavy atom. The van der Waals surface area contributed by atoms with Gasteiger partial charge in [0.1, 0.15) is 0 Å². The van der Waals surface area contributed by atoms with Gasteiger partial charge in [-0.2, -0.15) is 0 Å². The highest BCUT2D eigenvalue weighted by Crippen LogP contribution is 2.62. The SMILES string of the molecule is CN1CCN(C)C(CNC2C(C)(C)[C@H]3CC[C@]2(C)C3)C1. The number of rotatable bonds is 3. The van der Waals surface area contributed by atoms with Gasteiger partial charge in [0.2, 0.25) is 0 Å². The van der Waals surface area contributed by atoms with Crippen molar-refractivity contribution >= 4 is 0 Å². The van der Waals surface area contributed by atoms with Gasteiger partial charge in [0.15, 0.2) is 0 Å². The summed E-state index contributed by atoms with van der Waals surface area (Å²) in [7, 11) is 4.54. The largest absolute Gasteiger partial charge is 0.311 e. The predicted molar refractivity (Wildman–Crippen MR) is 84.9 cm³/mol. The fourth-order valence-corrected chi connectivity index (χ4v) is 5.39. The zero-order valence-electron chi connectivity index (χ0n) is 14.1. The van der Waals surface area contributed by atoms with Gasteiger partial charge in [-0.1, -0.05) is 20.8 Å². The molecule has 20 heavy (non-hydrogen) atoms. The van der Waals surface area contributed by atoms with Gasteiger partial charge >= 0.3 is 0 Å². The second-order valence-electron chi connectivity index (χ2n) is 8.65. The maximum atomic E-state index is 4.00. The number of likely N-dealkylation sites (N-methyl/N-ethyl adjacent to an activating group) is 2. The molecule has 0 amide bonds. The van der Waals surface area contributed by atoms with Crippen molar-refractivity contribution in [2.24, 2.45) is 16.7 Å². The minimum atomic E-state index is 0.478. The maximum Gasteiger partial charge on any atom is 0.0345 e. The highest BCUT2D eigenvalue weighted by molar-refractivity contribution is 5.12. The van der Waals surface area contributed by atoms with Crippen LogP contribution in [0.2, 0.25) is 0 Å². The molecule has 2 bridgehead atoms. The summed E-state index contributed by atoms with van der Waals surface area (Å²) in [6.45, 7) is 12.3.